The zero-order chi connectivity index (χ0) is 26.2. The van der Waals surface area contributed by atoms with Crippen molar-refractivity contribution in [3.8, 4) is 0 Å². The van der Waals surface area contributed by atoms with Gasteiger partial charge < -0.3 is 15.6 Å². The van der Waals surface area contributed by atoms with Crippen LogP contribution in [0.3, 0.4) is 0 Å². The minimum atomic E-state index is -1.31. The van der Waals surface area contributed by atoms with Crippen LogP contribution in [0.4, 0.5) is 13.2 Å². The van der Waals surface area contributed by atoms with Crippen LogP contribution in [0.5, 0.6) is 0 Å². The fourth-order valence-corrected chi connectivity index (χ4v) is 3.27. The first-order valence-corrected chi connectivity index (χ1v) is 10.6. The van der Waals surface area contributed by atoms with Gasteiger partial charge in [-0.05, 0) is 42.5 Å². The van der Waals surface area contributed by atoms with Crippen LogP contribution in [-0.4, -0.2) is 52.2 Å². The van der Waals surface area contributed by atoms with Crippen molar-refractivity contribution < 1.29 is 27.8 Å². The van der Waals surface area contributed by atoms with E-state index in [1.165, 1.54) is 43.8 Å². The number of ether oxygens (including phenoxy) is 1. The number of hydrogen-bond acceptors (Lipinski definition) is 7. The molecule has 11 heteroatoms. The van der Waals surface area contributed by atoms with Crippen molar-refractivity contribution in [2.75, 3.05) is 13.7 Å². The van der Waals surface area contributed by atoms with E-state index in [1.807, 2.05) is 0 Å². The molecule has 0 unspecified atom stereocenters. The van der Waals surface area contributed by atoms with Crippen LogP contribution < -0.4 is 5.73 Å². The third-order valence-electron chi connectivity index (χ3n) is 5.13. The van der Waals surface area contributed by atoms with Gasteiger partial charge in [0.25, 0.3) is 5.91 Å². The number of rotatable bonds is 9. The van der Waals surface area contributed by atoms with Gasteiger partial charge in [0.05, 0.1) is 29.1 Å². The summed E-state index contributed by atoms with van der Waals surface area (Å²) >= 11 is 0. The Balaban J connectivity index is 2.04. The third-order valence-corrected chi connectivity index (χ3v) is 5.13. The zero-order valence-corrected chi connectivity index (χ0v) is 19.1. The molecule has 0 saturated carbocycles. The van der Waals surface area contributed by atoms with E-state index in [0.717, 1.165) is 18.2 Å². The molecule has 2 aromatic carbocycles. The molecule has 3 aromatic rings. The lowest BCUT2D eigenvalue weighted by atomic mass is 9.98. The molecule has 0 spiro atoms. The summed E-state index contributed by atoms with van der Waals surface area (Å²) in [6, 6.07) is 9.44. The lowest BCUT2D eigenvalue weighted by Gasteiger charge is -2.15. The monoisotopic (exact) mass is 497 g/mol. The molecule has 0 bridgehead atoms. The van der Waals surface area contributed by atoms with Crippen molar-refractivity contribution in [3.05, 3.63) is 101 Å². The fraction of sp³-hybridized carbons (Fsp3) is 0.160. The summed E-state index contributed by atoms with van der Waals surface area (Å²) in [5, 5.41) is 17.9. The first-order valence-electron chi connectivity index (χ1n) is 10.6. The van der Waals surface area contributed by atoms with Gasteiger partial charge in [-0.3, -0.25) is 10.2 Å². The summed E-state index contributed by atoms with van der Waals surface area (Å²) in [5.41, 5.74) is 3.29. The van der Waals surface area contributed by atoms with Crippen molar-refractivity contribution in [3.63, 3.8) is 0 Å². The predicted octanol–water partition coefficient (Wildman–Crippen LogP) is 3.25. The number of carbonyl (C=O) groups excluding carboxylic acids is 1. The molecular formula is C25H22F3N5O3. The minimum Gasteiger partial charge on any atom is -0.396 e. The quantitative estimate of drug-likeness (QED) is 0.389. The Hall–Kier alpha value is -4.22. The first-order chi connectivity index (χ1) is 17.3. The van der Waals surface area contributed by atoms with Gasteiger partial charge in [-0.25, -0.2) is 28.1 Å². The first kappa shape index (κ1) is 26.4. The number of aromatic nitrogens is 2. The molecule has 0 aliphatic heterocycles. The smallest absolute Gasteiger partial charge is 0.277 e. The number of halogens is 3. The number of aliphatic hydroxyl groups excluding tert-OH is 1. The molecule has 0 radical (unpaired) electrons. The molecule has 4 N–H and O–H groups in total. The number of methoxy groups -OCH3 is 1. The van der Waals surface area contributed by atoms with Crippen LogP contribution in [0.25, 0.3) is 5.70 Å². The van der Waals surface area contributed by atoms with Crippen LogP contribution in [0.15, 0.2) is 71.7 Å². The number of nitrogens with one attached hydrogen (secondary N) is 1. The third kappa shape index (κ3) is 6.06. The Kier molecular flexibility index (Phi) is 8.76. The summed E-state index contributed by atoms with van der Waals surface area (Å²) in [4.78, 5) is 25.2. The highest BCUT2D eigenvalue weighted by Crippen LogP contribution is 2.24. The Morgan fingerprint density at radius 1 is 1.14 bits per heavy atom. The van der Waals surface area contributed by atoms with Gasteiger partial charge in [0, 0.05) is 31.5 Å². The molecule has 0 aliphatic rings. The number of nitrogens with two attached hydrogens (primary N) is 1. The molecule has 186 valence electrons. The van der Waals surface area contributed by atoms with Crippen LogP contribution in [0.1, 0.15) is 27.3 Å². The van der Waals surface area contributed by atoms with Crippen molar-refractivity contribution in [2.45, 2.75) is 12.5 Å². The largest absolute Gasteiger partial charge is 0.396 e. The van der Waals surface area contributed by atoms with Crippen molar-refractivity contribution in [2.24, 2.45) is 10.7 Å². The van der Waals surface area contributed by atoms with E-state index >= 15 is 4.39 Å². The maximum absolute atomic E-state index is 15.1. The Labute approximate surface area is 204 Å². The van der Waals surface area contributed by atoms with Crippen LogP contribution in [0.2, 0.25) is 0 Å². The zero-order valence-electron chi connectivity index (χ0n) is 19.1. The summed E-state index contributed by atoms with van der Waals surface area (Å²) in [7, 11) is 1.30. The average molecular weight is 497 g/mol. The van der Waals surface area contributed by atoms with Gasteiger partial charge in [0.2, 0.25) is 0 Å². The lowest BCUT2D eigenvalue weighted by molar-refractivity contribution is 0.0912. The fourth-order valence-electron chi connectivity index (χ4n) is 3.27. The molecule has 1 heterocycles. The van der Waals surface area contributed by atoms with E-state index in [4.69, 9.17) is 15.9 Å². The van der Waals surface area contributed by atoms with E-state index in [2.05, 4.69) is 15.0 Å². The summed E-state index contributed by atoms with van der Waals surface area (Å²) in [6.45, 7) is -0.521. The minimum absolute atomic E-state index is 0.0415. The number of aliphatic imine (C=N–C) groups is 1. The molecule has 1 atom stereocenters. The van der Waals surface area contributed by atoms with E-state index < -0.39 is 58.6 Å². The summed E-state index contributed by atoms with van der Waals surface area (Å²) in [6.07, 6.45) is 1.89. The van der Waals surface area contributed by atoms with Crippen LogP contribution in [0, 0.1) is 17.0 Å². The molecule has 8 nitrogen and oxygen atoms in total. The summed E-state index contributed by atoms with van der Waals surface area (Å²) in [5.74, 6) is -3.67. The van der Waals surface area contributed by atoms with E-state index in [9.17, 15) is 18.7 Å². The Morgan fingerprint density at radius 3 is 2.42 bits per heavy atom. The van der Waals surface area contributed by atoms with Crippen molar-refractivity contribution in [1.29, 1.82) is 5.41 Å². The van der Waals surface area contributed by atoms with Gasteiger partial charge >= 0.3 is 0 Å². The van der Waals surface area contributed by atoms with Gasteiger partial charge in [0.15, 0.2) is 5.83 Å². The van der Waals surface area contributed by atoms with Crippen molar-refractivity contribution in [1.82, 2.24) is 9.97 Å². The van der Waals surface area contributed by atoms with Crippen LogP contribution in [-0.2, 0) is 11.2 Å². The van der Waals surface area contributed by atoms with Crippen LogP contribution >= 0.6 is 0 Å². The highest BCUT2D eigenvalue weighted by atomic mass is 19.1. The maximum atomic E-state index is 15.1. The average Bonchev–Trinajstić information content (AvgIpc) is 2.89. The molecule has 1 amide bonds. The molecule has 0 aliphatic carbocycles. The number of hydrogen-bond donors (Lipinski definition) is 3. The molecule has 0 fully saturated rings. The molecule has 3 rings (SSSR count). The number of allylic oxidation sites excluding steroid dienone is 1. The second-order valence-electron chi connectivity index (χ2n) is 7.43. The normalized spacial score (nSPS) is 13.2. The molecule has 36 heavy (non-hydrogen) atoms. The highest BCUT2D eigenvalue weighted by Gasteiger charge is 2.25. The highest BCUT2D eigenvalue weighted by molar-refractivity contribution is 6.19. The standard InChI is InChI=1S/C25H22F3N5O3/c1-36-19(13-34)18(12-20-31-10-3-11-32-20)33-25(35)16-4-2-5-17(27)21(16)24(30)22(28)23(29)14-6-8-15(26)9-7-14/h2-11,19,30,34H,12-13,29H2,1H3/b23-22+,30-24?,33-18-/t19-/m1/s1. The predicted molar refractivity (Wildman–Crippen MR) is 127 cm³/mol. The number of benzene rings is 2. The van der Waals surface area contributed by atoms with E-state index in [0.29, 0.717) is 0 Å². The maximum Gasteiger partial charge on any atom is 0.277 e. The number of aliphatic hydroxyl groups is 1. The van der Waals surface area contributed by atoms with Gasteiger partial charge in [-0.15, -0.1) is 0 Å². The topological polar surface area (TPSA) is 135 Å². The number of nitrogens with zero attached hydrogens (tertiary/aromatic N) is 3. The second kappa shape index (κ2) is 12.0. The SMILES string of the molecule is CO[C@H](CO)/C(Cc1ncccn1)=N\C(=O)c1cccc(F)c1C(=N)/C(F)=C(\N)c1ccc(F)cc1. The van der Waals surface area contributed by atoms with E-state index in [-0.39, 0.29) is 23.5 Å². The van der Waals surface area contributed by atoms with Gasteiger partial charge in [-0.1, -0.05) is 6.07 Å². The van der Waals surface area contributed by atoms with Gasteiger partial charge in [0.1, 0.15) is 29.3 Å². The van der Waals surface area contributed by atoms with E-state index in [1.54, 1.807) is 6.07 Å². The lowest BCUT2D eigenvalue weighted by Crippen LogP contribution is -2.30. The molecule has 0 saturated heterocycles. The number of amides is 1. The summed E-state index contributed by atoms with van der Waals surface area (Å²) < 4.78 is 48.3. The Bertz CT molecular complexity index is 1310. The molecular weight excluding hydrogens is 475 g/mol. The Morgan fingerprint density at radius 2 is 1.81 bits per heavy atom. The van der Waals surface area contributed by atoms with Gasteiger partial charge in [-0.2, -0.15) is 0 Å². The number of carbonyl (C=O) groups is 1. The van der Waals surface area contributed by atoms with Crippen molar-refractivity contribution >= 4 is 23.0 Å². The molecule has 1 aromatic heterocycles. The second-order valence-corrected chi connectivity index (χ2v) is 7.43.